The molecule has 1 heterocycles. The Balaban J connectivity index is 2.18. The molecule has 140 valence electrons. The van der Waals surface area contributed by atoms with E-state index in [4.69, 9.17) is 11.6 Å². The van der Waals surface area contributed by atoms with Crippen molar-refractivity contribution in [2.75, 3.05) is 30.0 Å². The SMILES string of the molecule is C[S+]([O-])CCN1C(=O)CN=C(c2ccccc2Cl)c2cc([N+](=O)[O-])ccc21. The second kappa shape index (κ2) is 8.08. The highest BCUT2D eigenvalue weighted by Crippen LogP contribution is 2.32. The number of benzene rings is 2. The smallest absolute Gasteiger partial charge is 0.270 e. The molecule has 1 aliphatic rings. The zero-order valence-electron chi connectivity index (χ0n) is 14.4. The number of hydrogen-bond donors (Lipinski definition) is 0. The maximum Gasteiger partial charge on any atom is 0.270 e. The molecule has 1 amide bonds. The van der Waals surface area contributed by atoms with Gasteiger partial charge in [-0.1, -0.05) is 41.0 Å². The number of rotatable bonds is 5. The van der Waals surface area contributed by atoms with Crippen LogP contribution >= 0.6 is 11.6 Å². The molecule has 0 saturated heterocycles. The number of benzodiazepines with no additional fused rings is 1. The number of amides is 1. The Kier molecular flexibility index (Phi) is 5.79. The van der Waals surface area contributed by atoms with Crippen LogP contribution in [0.5, 0.6) is 0 Å². The molecule has 1 unspecified atom stereocenters. The van der Waals surface area contributed by atoms with Crippen LogP contribution in [0.4, 0.5) is 11.4 Å². The fourth-order valence-electron chi connectivity index (χ4n) is 2.86. The Morgan fingerprint density at radius 2 is 2.00 bits per heavy atom. The standard InChI is InChI=1S/C18H16ClN3O4S/c1-27(26)9-8-21-16-7-6-12(22(24)25)10-14(16)18(20-11-17(21)23)13-4-2-3-5-15(13)19/h2-7,10H,8-9,11H2,1H3. The van der Waals surface area contributed by atoms with Gasteiger partial charge in [-0.2, -0.15) is 0 Å². The lowest BCUT2D eigenvalue weighted by molar-refractivity contribution is -0.384. The van der Waals surface area contributed by atoms with E-state index in [0.29, 0.717) is 33.3 Å². The fourth-order valence-corrected chi connectivity index (χ4v) is 3.53. The van der Waals surface area contributed by atoms with Crippen LogP contribution in [0.15, 0.2) is 47.5 Å². The van der Waals surface area contributed by atoms with Gasteiger partial charge in [-0.3, -0.25) is 19.9 Å². The molecule has 1 aliphatic heterocycles. The van der Waals surface area contributed by atoms with E-state index in [0.717, 1.165) is 0 Å². The van der Waals surface area contributed by atoms with Crippen molar-refractivity contribution in [2.24, 2.45) is 4.99 Å². The molecule has 7 nitrogen and oxygen atoms in total. The summed E-state index contributed by atoms with van der Waals surface area (Å²) in [6, 6.07) is 11.3. The molecule has 27 heavy (non-hydrogen) atoms. The lowest BCUT2D eigenvalue weighted by Gasteiger charge is -2.23. The van der Waals surface area contributed by atoms with Crippen molar-refractivity contribution in [2.45, 2.75) is 0 Å². The summed E-state index contributed by atoms with van der Waals surface area (Å²) in [5.74, 6) is 0.0291. The summed E-state index contributed by atoms with van der Waals surface area (Å²) in [6.07, 6.45) is 1.56. The minimum atomic E-state index is -1.09. The van der Waals surface area contributed by atoms with Crippen LogP contribution in [0.25, 0.3) is 0 Å². The number of halogens is 1. The van der Waals surface area contributed by atoms with Crippen LogP contribution in [0.2, 0.25) is 5.02 Å². The van der Waals surface area contributed by atoms with Crippen LogP contribution < -0.4 is 4.90 Å². The predicted octanol–water partition coefficient (Wildman–Crippen LogP) is 2.81. The number of anilines is 1. The van der Waals surface area contributed by atoms with Gasteiger partial charge in [0.1, 0.15) is 12.3 Å². The highest BCUT2D eigenvalue weighted by atomic mass is 35.5. The number of nitro groups is 1. The van der Waals surface area contributed by atoms with Gasteiger partial charge in [0.15, 0.2) is 0 Å². The van der Waals surface area contributed by atoms with Crippen molar-refractivity contribution in [1.82, 2.24) is 0 Å². The molecular weight excluding hydrogens is 390 g/mol. The largest absolute Gasteiger partial charge is 0.617 e. The summed E-state index contributed by atoms with van der Waals surface area (Å²) < 4.78 is 11.5. The van der Waals surface area contributed by atoms with Crippen LogP contribution in [-0.2, 0) is 16.0 Å². The Labute approximate surface area is 164 Å². The van der Waals surface area contributed by atoms with Crippen LogP contribution in [-0.4, -0.2) is 46.2 Å². The topological polar surface area (TPSA) is 98.9 Å². The van der Waals surface area contributed by atoms with E-state index in [1.807, 2.05) is 0 Å². The van der Waals surface area contributed by atoms with Gasteiger partial charge in [-0.15, -0.1) is 0 Å². The number of carbonyl (C=O) groups is 1. The summed E-state index contributed by atoms with van der Waals surface area (Å²) in [4.78, 5) is 29.3. The first kappa shape index (κ1) is 19.3. The minimum absolute atomic E-state index is 0.109. The van der Waals surface area contributed by atoms with Gasteiger partial charge < -0.3 is 9.45 Å². The summed E-state index contributed by atoms with van der Waals surface area (Å²) in [5, 5.41) is 11.7. The molecular formula is C18H16ClN3O4S. The number of fused-ring (bicyclic) bond motifs is 1. The van der Waals surface area contributed by atoms with E-state index in [1.54, 1.807) is 30.5 Å². The third-order valence-electron chi connectivity index (χ3n) is 4.14. The molecule has 0 saturated carbocycles. The fraction of sp³-hybridized carbons (Fsp3) is 0.222. The molecule has 2 aromatic rings. The van der Waals surface area contributed by atoms with Gasteiger partial charge >= 0.3 is 0 Å². The molecule has 0 spiro atoms. The molecule has 2 aromatic carbocycles. The van der Waals surface area contributed by atoms with E-state index in [1.165, 1.54) is 23.1 Å². The van der Waals surface area contributed by atoms with Crippen molar-refractivity contribution >= 4 is 45.8 Å². The van der Waals surface area contributed by atoms with E-state index in [2.05, 4.69) is 4.99 Å². The van der Waals surface area contributed by atoms with E-state index < -0.39 is 16.1 Å². The van der Waals surface area contributed by atoms with Crippen LogP contribution in [0.1, 0.15) is 11.1 Å². The Bertz CT molecular complexity index is 933. The molecule has 0 aromatic heterocycles. The third-order valence-corrected chi connectivity index (χ3v) is 5.23. The highest BCUT2D eigenvalue weighted by Gasteiger charge is 2.28. The second-order valence-corrected chi connectivity index (χ2v) is 7.89. The molecule has 0 bridgehead atoms. The zero-order valence-corrected chi connectivity index (χ0v) is 16.0. The maximum absolute atomic E-state index is 12.6. The normalized spacial score (nSPS) is 15.0. The van der Waals surface area contributed by atoms with Crippen molar-refractivity contribution in [3.8, 4) is 0 Å². The summed E-state index contributed by atoms with van der Waals surface area (Å²) in [7, 11) is 0. The molecule has 1 atom stereocenters. The number of hydrogen-bond acceptors (Lipinski definition) is 5. The Morgan fingerprint density at radius 3 is 2.67 bits per heavy atom. The molecule has 0 radical (unpaired) electrons. The zero-order chi connectivity index (χ0) is 19.6. The summed E-state index contributed by atoms with van der Waals surface area (Å²) >= 11 is 5.22. The lowest BCUT2D eigenvalue weighted by Crippen LogP contribution is -2.36. The van der Waals surface area contributed by atoms with Gasteiger partial charge in [0, 0.05) is 28.3 Å². The van der Waals surface area contributed by atoms with E-state index in [9.17, 15) is 19.5 Å². The van der Waals surface area contributed by atoms with Crippen molar-refractivity contribution in [3.63, 3.8) is 0 Å². The van der Waals surface area contributed by atoms with Gasteiger partial charge in [-0.25, -0.2) is 0 Å². The van der Waals surface area contributed by atoms with Gasteiger partial charge in [0.25, 0.3) is 5.69 Å². The summed E-state index contributed by atoms with van der Waals surface area (Å²) in [6.45, 7) is 0.109. The highest BCUT2D eigenvalue weighted by molar-refractivity contribution is 7.90. The number of carbonyl (C=O) groups excluding carboxylic acids is 1. The molecule has 0 aliphatic carbocycles. The first-order valence-electron chi connectivity index (χ1n) is 8.07. The van der Waals surface area contributed by atoms with Crippen molar-refractivity contribution in [3.05, 3.63) is 68.7 Å². The predicted molar refractivity (Wildman–Crippen MR) is 106 cm³/mol. The monoisotopic (exact) mass is 405 g/mol. The molecule has 3 rings (SSSR count). The molecule has 0 fully saturated rings. The molecule has 9 heteroatoms. The first-order valence-corrected chi connectivity index (χ1v) is 10.2. The quantitative estimate of drug-likeness (QED) is 0.433. The van der Waals surface area contributed by atoms with Gasteiger partial charge in [0.05, 0.1) is 29.1 Å². The van der Waals surface area contributed by atoms with Gasteiger partial charge in [0.2, 0.25) is 5.91 Å². The Morgan fingerprint density at radius 1 is 1.26 bits per heavy atom. The number of non-ortho nitro benzene ring substituents is 1. The van der Waals surface area contributed by atoms with E-state index in [-0.39, 0.29) is 24.7 Å². The number of aliphatic imine (C=N–C) groups is 1. The Hall–Kier alpha value is -2.42. The van der Waals surface area contributed by atoms with Crippen LogP contribution in [0.3, 0.4) is 0 Å². The maximum atomic E-state index is 12.6. The second-order valence-electron chi connectivity index (χ2n) is 5.93. The minimum Gasteiger partial charge on any atom is -0.617 e. The third kappa shape index (κ3) is 4.13. The van der Waals surface area contributed by atoms with E-state index >= 15 is 0 Å². The molecule has 0 N–H and O–H groups in total. The average Bonchev–Trinajstić information content (AvgIpc) is 2.76. The summed E-state index contributed by atoms with van der Waals surface area (Å²) in [5.41, 5.74) is 1.85. The number of nitrogens with zero attached hydrogens (tertiary/aromatic N) is 3. The van der Waals surface area contributed by atoms with Crippen molar-refractivity contribution < 1.29 is 14.3 Å². The van der Waals surface area contributed by atoms with Crippen LogP contribution in [0, 0.1) is 10.1 Å². The average molecular weight is 406 g/mol. The van der Waals surface area contributed by atoms with Crippen molar-refractivity contribution in [1.29, 1.82) is 0 Å². The first-order chi connectivity index (χ1) is 12.9. The lowest BCUT2D eigenvalue weighted by atomic mass is 9.99. The van der Waals surface area contributed by atoms with Gasteiger partial charge in [-0.05, 0) is 12.1 Å². The number of nitro benzene ring substituents is 1.